The average molecular weight is 267 g/mol. The van der Waals surface area contributed by atoms with Gasteiger partial charge in [0.05, 0.1) is 13.2 Å². The Balaban J connectivity index is 2.35. The summed E-state index contributed by atoms with van der Waals surface area (Å²) >= 11 is 0. The fourth-order valence-corrected chi connectivity index (χ4v) is 1.70. The molecule has 0 amide bonds. The predicted molar refractivity (Wildman–Crippen MR) is 71.9 cm³/mol. The second kappa shape index (κ2) is 7.11. The van der Waals surface area contributed by atoms with Crippen LogP contribution in [0, 0.1) is 0 Å². The minimum Gasteiger partial charge on any atom is -0.494 e. The third kappa shape index (κ3) is 4.54. The molecule has 0 aromatic heterocycles. The van der Waals surface area contributed by atoms with Gasteiger partial charge in [0.25, 0.3) is 0 Å². The van der Waals surface area contributed by atoms with Gasteiger partial charge in [-0.15, -0.1) is 0 Å². The predicted octanol–water partition coefficient (Wildman–Crippen LogP) is 1.53. The number of aliphatic carboxylic acids is 1. The minimum absolute atomic E-state index is 0.00504. The number of nitrogens with two attached hydrogens (primary N) is 1. The van der Waals surface area contributed by atoms with Crippen LogP contribution in [-0.2, 0) is 11.4 Å². The number of hydrogen-bond acceptors (Lipinski definition) is 4. The van der Waals surface area contributed by atoms with Crippen molar-refractivity contribution in [2.45, 2.75) is 38.3 Å². The normalized spacial score (nSPS) is 13.8. The lowest BCUT2D eigenvalue weighted by Crippen LogP contribution is -2.47. The van der Waals surface area contributed by atoms with E-state index < -0.39 is 11.5 Å². The van der Waals surface area contributed by atoms with E-state index in [9.17, 15) is 4.79 Å². The van der Waals surface area contributed by atoms with Crippen LogP contribution in [0.4, 0.5) is 0 Å². The smallest absolute Gasteiger partial charge is 0.323 e. The number of rotatable bonds is 8. The van der Waals surface area contributed by atoms with E-state index in [1.807, 2.05) is 0 Å². The van der Waals surface area contributed by atoms with Crippen molar-refractivity contribution in [1.82, 2.24) is 0 Å². The Morgan fingerprint density at radius 1 is 1.37 bits per heavy atom. The Kier molecular flexibility index (Phi) is 5.79. The Hall–Kier alpha value is -1.59. The van der Waals surface area contributed by atoms with Crippen LogP contribution < -0.4 is 10.5 Å². The number of aliphatic hydroxyl groups is 1. The van der Waals surface area contributed by atoms with Gasteiger partial charge in [-0.3, -0.25) is 4.79 Å². The molecule has 1 atom stereocenters. The summed E-state index contributed by atoms with van der Waals surface area (Å²) < 4.78 is 5.50. The minimum atomic E-state index is -1.16. The van der Waals surface area contributed by atoms with Gasteiger partial charge in [-0.1, -0.05) is 19.1 Å². The molecule has 0 aliphatic rings. The van der Waals surface area contributed by atoms with Crippen molar-refractivity contribution in [2.24, 2.45) is 5.73 Å². The third-order valence-corrected chi connectivity index (χ3v) is 3.20. The zero-order chi connectivity index (χ0) is 14.3. The van der Waals surface area contributed by atoms with Gasteiger partial charge in [0.15, 0.2) is 0 Å². The van der Waals surface area contributed by atoms with Crippen LogP contribution in [0.15, 0.2) is 24.3 Å². The molecule has 0 heterocycles. The first-order valence-electron chi connectivity index (χ1n) is 6.36. The monoisotopic (exact) mass is 267 g/mol. The largest absolute Gasteiger partial charge is 0.494 e. The molecule has 0 spiro atoms. The van der Waals surface area contributed by atoms with Crippen LogP contribution in [0.3, 0.4) is 0 Å². The number of benzene rings is 1. The summed E-state index contributed by atoms with van der Waals surface area (Å²) in [6.45, 7) is 2.19. The first-order valence-corrected chi connectivity index (χ1v) is 6.36. The first kappa shape index (κ1) is 15.5. The molecular weight excluding hydrogens is 246 g/mol. The molecular formula is C14H21NO4. The van der Waals surface area contributed by atoms with E-state index in [0.717, 1.165) is 5.56 Å². The van der Waals surface area contributed by atoms with Gasteiger partial charge in [-0.05, 0) is 37.0 Å². The quantitative estimate of drug-likeness (QED) is 0.621. The first-order chi connectivity index (χ1) is 9.01. The van der Waals surface area contributed by atoms with Gasteiger partial charge < -0.3 is 20.7 Å². The topological polar surface area (TPSA) is 92.8 Å². The van der Waals surface area contributed by atoms with Crippen molar-refractivity contribution in [2.75, 3.05) is 6.61 Å². The van der Waals surface area contributed by atoms with Crippen LogP contribution in [0.5, 0.6) is 5.75 Å². The summed E-state index contributed by atoms with van der Waals surface area (Å²) in [6.07, 6.45) is 1.36. The van der Waals surface area contributed by atoms with Crippen molar-refractivity contribution < 1.29 is 19.7 Å². The van der Waals surface area contributed by atoms with Crippen molar-refractivity contribution in [3.05, 3.63) is 29.8 Å². The zero-order valence-corrected chi connectivity index (χ0v) is 11.1. The molecule has 1 aromatic carbocycles. The Morgan fingerprint density at radius 2 is 2.00 bits per heavy atom. The van der Waals surface area contributed by atoms with E-state index in [4.69, 9.17) is 20.7 Å². The van der Waals surface area contributed by atoms with Crippen LogP contribution in [0.25, 0.3) is 0 Å². The Morgan fingerprint density at radius 3 is 2.47 bits per heavy atom. The van der Waals surface area contributed by atoms with Gasteiger partial charge in [0, 0.05) is 0 Å². The van der Waals surface area contributed by atoms with E-state index in [1.54, 1.807) is 31.2 Å². The molecule has 0 fully saturated rings. The van der Waals surface area contributed by atoms with Gasteiger partial charge in [-0.2, -0.15) is 0 Å². The highest BCUT2D eigenvalue weighted by atomic mass is 16.5. The molecule has 0 radical (unpaired) electrons. The van der Waals surface area contributed by atoms with Crippen molar-refractivity contribution in [1.29, 1.82) is 0 Å². The molecule has 1 unspecified atom stereocenters. The average Bonchev–Trinajstić information content (AvgIpc) is 2.43. The van der Waals surface area contributed by atoms with Crippen molar-refractivity contribution in [3.63, 3.8) is 0 Å². The van der Waals surface area contributed by atoms with Crippen LogP contribution in [0.2, 0.25) is 0 Å². The van der Waals surface area contributed by atoms with Crippen LogP contribution >= 0.6 is 0 Å². The highest BCUT2D eigenvalue weighted by Gasteiger charge is 2.30. The highest BCUT2D eigenvalue weighted by Crippen LogP contribution is 2.16. The molecule has 5 heteroatoms. The SMILES string of the molecule is CCC(N)(CCCOc1ccc(CO)cc1)C(=O)O. The Bertz CT molecular complexity index is 404. The maximum absolute atomic E-state index is 11.0. The molecule has 0 saturated heterocycles. The maximum Gasteiger partial charge on any atom is 0.323 e. The fourth-order valence-electron chi connectivity index (χ4n) is 1.70. The number of carboxylic acid groups (broad SMARTS) is 1. The molecule has 1 aromatic rings. The summed E-state index contributed by atoms with van der Waals surface area (Å²) in [5.41, 5.74) is 5.44. The number of carbonyl (C=O) groups is 1. The van der Waals surface area contributed by atoms with Gasteiger partial charge in [0.2, 0.25) is 0 Å². The molecule has 0 aliphatic heterocycles. The number of hydrogen-bond donors (Lipinski definition) is 3. The summed E-state index contributed by atoms with van der Waals surface area (Å²) in [5.74, 6) is -0.269. The summed E-state index contributed by atoms with van der Waals surface area (Å²) in [6, 6.07) is 7.12. The summed E-state index contributed by atoms with van der Waals surface area (Å²) in [4.78, 5) is 11.0. The molecule has 106 valence electrons. The molecule has 0 saturated carbocycles. The zero-order valence-electron chi connectivity index (χ0n) is 11.1. The van der Waals surface area contributed by atoms with E-state index in [-0.39, 0.29) is 6.61 Å². The summed E-state index contributed by atoms with van der Waals surface area (Å²) in [5, 5.41) is 17.9. The van der Waals surface area contributed by atoms with Crippen molar-refractivity contribution in [3.8, 4) is 5.75 Å². The molecule has 0 bridgehead atoms. The molecule has 5 nitrogen and oxygen atoms in total. The molecule has 4 N–H and O–H groups in total. The lowest BCUT2D eigenvalue weighted by molar-refractivity contribution is -0.143. The number of carboxylic acids is 1. The van der Waals surface area contributed by atoms with E-state index in [0.29, 0.717) is 31.6 Å². The number of aliphatic hydroxyl groups excluding tert-OH is 1. The van der Waals surface area contributed by atoms with Gasteiger partial charge in [-0.25, -0.2) is 0 Å². The number of ether oxygens (including phenoxy) is 1. The second-order valence-corrected chi connectivity index (χ2v) is 4.57. The molecule has 0 aliphatic carbocycles. The lowest BCUT2D eigenvalue weighted by atomic mass is 9.92. The fraction of sp³-hybridized carbons (Fsp3) is 0.500. The summed E-state index contributed by atoms with van der Waals surface area (Å²) in [7, 11) is 0. The third-order valence-electron chi connectivity index (χ3n) is 3.20. The van der Waals surface area contributed by atoms with Crippen molar-refractivity contribution >= 4 is 5.97 Å². The molecule has 1 rings (SSSR count). The Labute approximate surface area is 113 Å². The lowest BCUT2D eigenvalue weighted by Gasteiger charge is -2.22. The standard InChI is InChI=1S/C14H21NO4/c1-2-14(15,13(17)18)8-3-9-19-12-6-4-11(10-16)5-7-12/h4-7,16H,2-3,8-10,15H2,1H3,(H,17,18). The van der Waals surface area contributed by atoms with Crippen LogP contribution in [-0.4, -0.2) is 28.3 Å². The molecule has 19 heavy (non-hydrogen) atoms. The van der Waals surface area contributed by atoms with Gasteiger partial charge >= 0.3 is 5.97 Å². The van der Waals surface area contributed by atoms with E-state index >= 15 is 0 Å². The van der Waals surface area contributed by atoms with Gasteiger partial charge in [0.1, 0.15) is 11.3 Å². The maximum atomic E-state index is 11.0. The van der Waals surface area contributed by atoms with Crippen LogP contribution in [0.1, 0.15) is 31.7 Å². The second-order valence-electron chi connectivity index (χ2n) is 4.57. The highest BCUT2D eigenvalue weighted by molar-refractivity contribution is 5.78. The van der Waals surface area contributed by atoms with E-state index in [2.05, 4.69) is 0 Å². The van der Waals surface area contributed by atoms with E-state index in [1.165, 1.54) is 0 Å².